The van der Waals surface area contributed by atoms with Gasteiger partial charge in [0.15, 0.2) is 11.5 Å². The van der Waals surface area contributed by atoms with Crippen LogP contribution in [0.25, 0.3) is 0 Å². The largest absolute Gasteiger partial charge is 0.454 e. The van der Waals surface area contributed by atoms with Crippen LogP contribution in [0.15, 0.2) is 18.2 Å². The maximum absolute atomic E-state index is 13.0. The van der Waals surface area contributed by atoms with Crippen LogP contribution in [0.1, 0.15) is 38.2 Å². The average Bonchev–Trinajstić information content (AvgIpc) is 3.05. The van der Waals surface area contributed by atoms with Gasteiger partial charge in [0.1, 0.15) is 5.54 Å². The van der Waals surface area contributed by atoms with Crippen LogP contribution < -0.4 is 14.8 Å². The fourth-order valence-electron chi connectivity index (χ4n) is 4.11. The molecule has 2 saturated heterocycles. The van der Waals surface area contributed by atoms with Crippen molar-refractivity contribution in [1.29, 1.82) is 0 Å². The number of hydrogen-bond acceptors (Lipinski definition) is 5. The van der Waals surface area contributed by atoms with Crippen molar-refractivity contribution in [3.05, 3.63) is 23.8 Å². The second-order valence-corrected chi connectivity index (χ2v) is 7.84. The molecule has 146 valence electrons. The van der Waals surface area contributed by atoms with Crippen molar-refractivity contribution in [2.75, 3.05) is 33.0 Å². The predicted octanol–water partition coefficient (Wildman–Crippen LogP) is 1.51. The zero-order chi connectivity index (χ0) is 18.9. The number of rotatable bonds is 3. The van der Waals surface area contributed by atoms with Gasteiger partial charge in [-0.2, -0.15) is 0 Å². The number of piperazine rings is 1. The van der Waals surface area contributed by atoms with Crippen molar-refractivity contribution in [3.63, 3.8) is 0 Å². The number of carbonyl (C=O) groups excluding carboxylic acids is 2. The molecule has 0 spiro atoms. The fourth-order valence-corrected chi connectivity index (χ4v) is 4.11. The first-order valence-electron chi connectivity index (χ1n) is 9.75. The Hall–Kier alpha value is -2.28. The van der Waals surface area contributed by atoms with Gasteiger partial charge in [0.25, 0.3) is 0 Å². The highest BCUT2D eigenvalue weighted by Crippen LogP contribution is 2.33. The fraction of sp³-hybridized carbons (Fsp3) is 0.600. The number of nitrogens with one attached hydrogen (secondary N) is 1. The maximum atomic E-state index is 13.0. The van der Waals surface area contributed by atoms with Crippen LogP contribution >= 0.6 is 0 Å². The third-order valence-corrected chi connectivity index (χ3v) is 5.72. The summed E-state index contributed by atoms with van der Waals surface area (Å²) < 4.78 is 10.8. The highest BCUT2D eigenvalue weighted by molar-refractivity contribution is 5.91. The molecule has 4 rings (SSSR count). The number of hydrogen-bond donors (Lipinski definition) is 1. The summed E-state index contributed by atoms with van der Waals surface area (Å²) in [6, 6.07) is 6.04. The molecule has 3 aliphatic heterocycles. The summed E-state index contributed by atoms with van der Waals surface area (Å²) in [5, 5.41) is 2.96. The van der Waals surface area contributed by atoms with Crippen LogP contribution in [0.5, 0.6) is 11.5 Å². The van der Waals surface area contributed by atoms with Crippen molar-refractivity contribution in [2.24, 2.45) is 0 Å². The number of carbonyl (C=O) groups is 2. The van der Waals surface area contributed by atoms with E-state index in [2.05, 4.69) is 16.3 Å². The summed E-state index contributed by atoms with van der Waals surface area (Å²) in [4.78, 5) is 29.2. The maximum Gasteiger partial charge on any atom is 0.248 e. The van der Waals surface area contributed by atoms with Crippen molar-refractivity contribution in [3.8, 4) is 11.5 Å². The zero-order valence-corrected chi connectivity index (χ0v) is 15.8. The van der Waals surface area contributed by atoms with Gasteiger partial charge in [-0.15, -0.1) is 0 Å². The molecule has 0 aromatic heterocycles. The van der Waals surface area contributed by atoms with E-state index in [0.717, 1.165) is 50.4 Å². The van der Waals surface area contributed by atoms with Crippen LogP contribution in [-0.2, 0) is 16.1 Å². The summed E-state index contributed by atoms with van der Waals surface area (Å²) in [6.45, 7) is 6.01. The molecule has 27 heavy (non-hydrogen) atoms. The van der Waals surface area contributed by atoms with Crippen molar-refractivity contribution in [1.82, 2.24) is 15.1 Å². The zero-order valence-electron chi connectivity index (χ0n) is 15.8. The lowest BCUT2D eigenvalue weighted by atomic mass is 9.94. The Labute approximate surface area is 159 Å². The molecule has 1 aromatic carbocycles. The summed E-state index contributed by atoms with van der Waals surface area (Å²) in [7, 11) is 0. The molecule has 7 nitrogen and oxygen atoms in total. The van der Waals surface area contributed by atoms with E-state index in [1.54, 1.807) is 0 Å². The molecule has 2 amide bonds. The van der Waals surface area contributed by atoms with Crippen LogP contribution in [0, 0.1) is 0 Å². The van der Waals surface area contributed by atoms with Gasteiger partial charge in [0.05, 0.1) is 0 Å². The molecular formula is C20H27N3O4. The lowest BCUT2D eigenvalue weighted by Crippen LogP contribution is -2.60. The number of amides is 2. The highest BCUT2D eigenvalue weighted by atomic mass is 16.7. The van der Waals surface area contributed by atoms with E-state index in [9.17, 15) is 9.59 Å². The molecule has 1 N–H and O–H groups in total. The summed E-state index contributed by atoms with van der Waals surface area (Å²) in [6.07, 6.45) is 3.00. The standard InChI is InChI=1S/C20H27N3O4/c1-20(7-3-2-4-18(24)21-20)19(25)23-10-8-22(9-11-23)13-15-5-6-16-17(12-15)27-14-26-16/h5-6,12H,2-4,7-11,13-14H2,1H3,(H,21,24). The van der Waals surface area contributed by atoms with Crippen LogP contribution in [-0.4, -0.2) is 60.1 Å². The minimum atomic E-state index is -0.757. The lowest BCUT2D eigenvalue weighted by molar-refractivity contribution is -0.142. The predicted molar refractivity (Wildman–Crippen MR) is 99.4 cm³/mol. The molecule has 0 aliphatic carbocycles. The van der Waals surface area contributed by atoms with E-state index in [1.165, 1.54) is 5.56 Å². The molecule has 1 atom stereocenters. The Morgan fingerprint density at radius 1 is 1.15 bits per heavy atom. The highest BCUT2D eigenvalue weighted by Gasteiger charge is 2.39. The van der Waals surface area contributed by atoms with Gasteiger partial charge < -0.3 is 19.7 Å². The smallest absolute Gasteiger partial charge is 0.248 e. The Morgan fingerprint density at radius 3 is 2.74 bits per heavy atom. The molecular weight excluding hydrogens is 346 g/mol. The van der Waals surface area contributed by atoms with Gasteiger partial charge in [0, 0.05) is 39.1 Å². The average molecular weight is 373 g/mol. The van der Waals surface area contributed by atoms with E-state index in [1.807, 2.05) is 24.0 Å². The van der Waals surface area contributed by atoms with Gasteiger partial charge in [-0.25, -0.2) is 0 Å². The molecule has 0 bridgehead atoms. The molecule has 1 aromatic rings. The van der Waals surface area contributed by atoms with Gasteiger partial charge in [-0.05, 0) is 37.5 Å². The van der Waals surface area contributed by atoms with E-state index < -0.39 is 5.54 Å². The summed E-state index contributed by atoms with van der Waals surface area (Å²) in [5.41, 5.74) is 0.426. The summed E-state index contributed by atoms with van der Waals surface area (Å²) >= 11 is 0. The normalized spacial score (nSPS) is 25.8. The molecule has 0 radical (unpaired) electrons. The number of nitrogens with zero attached hydrogens (tertiary/aromatic N) is 2. The number of ether oxygens (including phenoxy) is 2. The SMILES string of the molecule is CC1(C(=O)N2CCN(Cc3ccc4c(c3)OCO4)CC2)CCCCC(=O)N1. The monoisotopic (exact) mass is 373 g/mol. The Bertz CT molecular complexity index is 730. The van der Waals surface area contributed by atoms with Crippen molar-refractivity contribution >= 4 is 11.8 Å². The minimum absolute atomic E-state index is 0.00945. The molecule has 3 heterocycles. The molecule has 2 fully saturated rings. The Balaban J connectivity index is 1.33. The molecule has 1 unspecified atom stereocenters. The minimum Gasteiger partial charge on any atom is -0.454 e. The number of fused-ring (bicyclic) bond motifs is 1. The van der Waals surface area contributed by atoms with Gasteiger partial charge in [0.2, 0.25) is 18.6 Å². The van der Waals surface area contributed by atoms with Crippen molar-refractivity contribution < 1.29 is 19.1 Å². The van der Waals surface area contributed by atoms with E-state index >= 15 is 0 Å². The van der Waals surface area contributed by atoms with E-state index in [4.69, 9.17) is 9.47 Å². The van der Waals surface area contributed by atoms with Crippen molar-refractivity contribution in [2.45, 2.75) is 44.7 Å². The quantitative estimate of drug-likeness (QED) is 0.870. The third-order valence-electron chi connectivity index (χ3n) is 5.72. The van der Waals surface area contributed by atoms with E-state index in [-0.39, 0.29) is 18.6 Å². The van der Waals surface area contributed by atoms with Gasteiger partial charge >= 0.3 is 0 Å². The van der Waals surface area contributed by atoms with Crippen LogP contribution in [0.3, 0.4) is 0 Å². The molecule has 0 saturated carbocycles. The first-order chi connectivity index (χ1) is 13.0. The van der Waals surface area contributed by atoms with Gasteiger partial charge in [-0.1, -0.05) is 12.5 Å². The first kappa shape index (κ1) is 18.1. The molecule has 3 aliphatic rings. The second-order valence-electron chi connectivity index (χ2n) is 7.84. The van der Waals surface area contributed by atoms with Crippen LogP contribution in [0.4, 0.5) is 0 Å². The Kier molecular flexibility index (Phi) is 4.95. The number of benzene rings is 1. The van der Waals surface area contributed by atoms with Gasteiger partial charge in [-0.3, -0.25) is 14.5 Å². The lowest BCUT2D eigenvalue weighted by Gasteiger charge is -2.39. The van der Waals surface area contributed by atoms with E-state index in [0.29, 0.717) is 19.5 Å². The molecule has 7 heteroatoms. The summed E-state index contributed by atoms with van der Waals surface area (Å²) in [5.74, 6) is 1.65. The third kappa shape index (κ3) is 3.88. The second kappa shape index (κ2) is 7.38. The topological polar surface area (TPSA) is 71.1 Å². The first-order valence-corrected chi connectivity index (χ1v) is 9.75. The Morgan fingerprint density at radius 2 is 1.93 bits per heavy atom. The van der Waals surface area contributed by atoms with Crippen LogP contribution in [0.2, 0.25) is 0 Å².